The van der Waals surface area contributed by atoms with Gasteiger partial charge in [-0.05, 0) is 92.0 Å². The fourth-order valence-corrected chi connectivity index (χ4v) is 3.33. The minimum absolute atomic E-state index is 0.231. The van der Waals surface area contributed by atoms with Gasteiger partial charge in [-0.1, -0.05) is 35.3 Å². The first-order valence-corrected chi connectivity index (χ1v) is 11.0. The summed E-state index contributed by atoms with van der Waals surface area (Å²) in [4.78, 5) is 0. The predicted octanol–water partition coefficient (Wildman–Crippen LogP) is 8.51. The van der Waals surface area contributed by atoms with E-state index >= 15 is 0 Å². The molecule has 0 heterocycles. The summed E-state index contributed by atoms with van der Waals surface area (Å²) in [5.74, 6) is 1.58. The summed E-state index contributed by atoms with van der Waals surface area (Å²) >= 11 is 19.3. The van der Waals surface area contributed by atoms with Gasteiger partial charge in [0, 0.05) is 0 Å². The molecule has 3 aromatic carbocycles. The Bertz CT molecular complexity index is 1020. The summed E-state index contributed by atoms with van der Waals surface area (Å²) < 4.78 is 31.2. The van der Waals surface area contributed by atoms with Crippen LogP contribution in [0.3, 0.4) is 0 Å². The number of halogens is 5. The molecule has 3 aromatic rings. The molecule has 0 aliphatic heterocycles. The largest absolute Gasteiger partial charge is 0.486 e. The van der Waals surface area contributed by atoms with Gasteiger partial charge in [0.05, 0.1) is 13.4 Å². The number of hydrogen-bond acceptors (Lipinski definition) is 3. The van der Waals surface area contributed by atoms with Gasteiger partial charge < -0.3 is 14.2 Å². The van der Waals surface area contributed by atoms with E-state index in [2.05, 4.69) is 31.9 Å². The van der Waals surface area contributed by atoms with Crippen LogP contribution in [0.1, 0.15) is 5.56 Å². The maximum Gasteiger partial charge on any atom is 0.164 e. The molecular weight excluding hydrogens is 562 g/mol. The van der Waals surface area contributed by atoms with Crippen LogP contribution in [0.25, 0.3) is 0 Å². The average Bonchev–Trinajstić information content (AvgIpc) is 2.71. The molecular formula is C22H15Br2Cl2FO3. The van der Waals surface area contributed by atoms with Gasteiger partial charge in [-0.15, -0.1) is 0 Å². The van der Waals surface area contributed by atoms with Gasteiger partial charge >= 0.3 is 0 Å². The van der Waals surface area contributed by atoms with Crippen molar-refractivity contribution in [3.8, 4) is 23.0 Å². The van der Waals surface area contributed by atoms with Crippen LogP contribution < -0.4 is 14.2 Å². The van der Waals surface area contributed by atoms with E-state index in [1.165, 1.54) is 24.3 Å². The van der Waals surface area contributed by atoms with Crippen LogP contribution in [0.15, 0.2) is 70.1 Å². The maximum atomic E-state index is 13.1. The third-order valence-corrected chi connectivity index (χ3v) is 5.02. The van der Waals surface area contributed by atoms with Gasteiger partial charge in [-0.2, -0.15) is 0 Å². The Morgan fingerprint density at radius 2 is 1.50 bits per heavy atom. The number of rotatable bonds is 8. The van der Waals surface area contributed by atoms with Crippen LogP contribution >= 0.6 is 55.1 Å². The molecule has 0 fully saturated rings. The summed E-state index contributed by atoms with van der Waals surface area (Å²) in [6.07, 6.45) is 1.83. The number of para-hydroxylation sites is 2. The molecule has 30 heavy (non-hydrogen) atoms. The van der Waals surface area contributed by atoms with Crippen molar-refractivity contribution in [3.05, 3.63) is 91.6 Å². The van der Waals surface area contributed by atoms with E-state index in [1.807, 2.05) is 30.3 Å². The molecule has 0 bridgehead atoms. The van der Waals surface area contributed by atoms with Gasteiger partial charge in [-0.3, -0.25) is 0 Å². The van der Waals surface area contributed by atoms with Gasteiger partial charge in [0.2, 0.25) is 0 Å². The van der Waals surface area contributed by atoms with Crippen molar-refractivity contribution in [2.45, 2.75) is 6.61 Å². The van der Waals surface area contributed by atoms with Crippen molar-refractivity contribution < 1.29 is 18.6 Å². The second-order valence-electron chi connectivity index (χ2n) is 5.98. The second kappa shape index (κ2) is 11.0. The van der Waals surface area contributed by atoms with Crippen LogP contribution in [-0.4, -0.2) is 6.61 Å². The Kier molecular flexibility index (Phi) is 8.45. The molecule has 0 amide bonds. The van der Waals surface area contributed by atoms with Gasteiger partial charge in [0.15, 0.2) is 17.2 Å². The monoisotopic (exact) mass is 574 g/mol. The van der Waals surface area contributed by atoms with Crippen molar-refractivity contribution in [1.29, 1.82) is 0 Å². The zero-order valence-corrected chi connectivity index (χ0v) is 20.1. The first-order valence-electron chi connectivity index (χ1n) is 8.69. The lowest BCUT2D eigenvalue weighted by Crippen LogP contribution is -2.00. The zero-order chi connectivity index (χ0) is 21.5. The molecule has 8 heteroatoms. The van der Waals surface area contributed by atoms with E-state index in [-0.39, 0.29) is 12.4 Å². The SMILES string of the molecule is Fc1ccc(Oc2c(Cl)cc(COc3ccccc3OCC=C(Br)Br)cc2Cl)cc1. The number of benzene rings is 3. The Morgan fingerprint density at radius 3 is 2.10 bits per heavy atom. The predicted molar refractivity (Wildman–Crippen MR) is 125 cm³/mol. The van der Waals surface area contributed by atoms with Gasteiger partial charge in [-0.25, -0.2) is 4.39 Å². The van der Waals surface area contributed by atoms with Crippen LogP contribution in [0, 0.1) is 5.82 Å². The minimum atomic E-state index is -0.354. The summed E-state index contributed by atoms with van der Waals surface area (Å²) in [6.45, 7) is 0.605. The lowest BCUT2D eigenvalue weighted by Gasteiger charge is -2.14. The van der Waals surface area contributed by atoms with E-state index in [0.717, 1.165) is 8.96 Å². The molecule has 0 saturated carbocycles. The molecule has 3 rings (SSSR count). The Morgan fingerprint density at radius 1 is 0.900 bits per heavy atom. The third kappa shape index (κ3) is 6.64. The van der Waals surface area contributed by atoms with Crippen LogP contribution in [-0.2, 0) is 6.61 Å². The van der Waals surface area contributed by atoms with E-state index < -0.39 is 0 Å². The highest BCUT2D eigenvalue weighted by Gasteiger charge is 2.12. The molecule has 0 atom stereocenters. The third-order valence-electron chi connectivity index (χ3n) is 3.81. The van der Waals surface area contributed by atoms with Crippen LogP contribution in [0.5, 0.6) is 23.0 Å². The lowest BCUT2D eigenvalue weighted by atomic mass is 10.2. The molecule has 0 spiro atoms. The Balaban J connectivity index is 1.69. The molecule has 0 aliphatic carbocycles. The van der Waals surface area contributed by atoms with Crippen LogP contribution in [0.2, 0.25) is 10.0 Å². The quantitative estimate of drug-likeness (QED) is 0.269. The zero-order valence-electron chi connectivity index (χ0n) is 15.4. The molecule has 0 unspecified atom stereocenters. The average molecular weight is 577 g/mol. The highest BCUT2D eigenvalue weighted by Crippen LogP contribution is 2.38. The standard InChI is InChI=1S/C22H15Br2Cl2FO3/c23-21(24)9-10-28-19-3-1-2-4-20(19)29-13-14-11-17(25)22(18(26)12-14)30-16-7-5-15(27)6-8-16/h1-9,11-12H,10,13H2. The summed E-state index contributed by atoms with van der Waals surface area (Å²) in [6, 6.07) is 16.4. The molecule has 156 valence electrons. The fourth-order valence-electron chi connectivity index (χ4n) is 2.46. The maximum absolute atomic E-state index is 13.1. The first kappa shape index (κ1) is 22.9. The Labute approximate surface area is 200 Å². The van der Waals surface area contributed by atoms with Crippen molar-refractivity contribution >= 4 is 55.1 Å². The Hall–Kier alpha value is -1.73. The molecule has 0 saturated heterocycles. The van der Waals surface area contributed by atoms with E-state index in [9.17, 15) is 4.39 Å². The van der Waals surface area contributed by atoms with Gasteiger partial charge in [0.1, 0.15) is 24.8 Å². The van der Waals surface area contributed by atoms with Crippen molar-refractivity contribution in [3.63, 3.8) is 0 Å². The number of hydrogen-bond donors (Lipinski definition) is 0. The lowest BCUT2D eigenvalue weighted by molar-refractivity contribution is 0.275. The summed E-state index contributed by atoms with van der Waals surface area (Å²) in [5, 5.41) is 0.643. The second-order valence-corrected chi connectivity index (χ2v) is 9.57. The normalized spacial score (nSPS) is 10.4. The van der Waals surface area contributed by atoms with E-state index in [1.54, 1.807) is 12.1 Å². The fraction of sp³-hybridized carbons (Fsp3) is 0.0909. The molecule has 0 aromatic heterocycles. The van der Waals surface area contributed by atoms with E-state index in [0.29, 0.717) is 39.7 Å². The number of ether oxygens (including phenoxy) is 3. The molecule has 3 nitrogen and oxygen atoms in total. The molecule has 0 N–H and O–H groups in total. The first-order chi connectivity index (χ1) is 14.4. The smallest absolute Gasteiger partial charge is 0.164 e. The highest BCUT2D eigenvalue weighted by molar-refractivity contribution is 9.28. The van der Waals surface area contributed by atoms with Crippen LogP contribution in [0.4, 0.5) is 4.39 Å². The topological polar surface area (TPSA) is 27.7 Å². The van der Waals surface area contributed by atoms with Crippen molar-refractivity contribution in [2.24, 2.45) is 0 Å². The molecule has 0 radical (unpaired) electrons. The van der Waals surface area contributed by atoms with E-state index in [4.69, 9.17) is 37.4 Å². The summed E-state index contributed by atoms with van der Waals surface area (Å²) in [7, 11) is 0. The summed E-state index contributed by atoms with van der Waals surface area (Å²) in [5.41, 5.74) is 0.759. The van der Waals surface area contributed by atoms with Gasteiger partial charge in [0.25, 0.3) is 0 Å². The van der Waals surface area contributed by atoms with Crippen molar-refractivity contribution in [1.82, 2.24) is 0 Å². The van der Waals surface area contributed by atoms with Crippen molar-refractivity contribution in [2.75, 3.05) is 6.61 Å². The highest BCUT2D eigenvalue weighted by atomic mass is 79.9. The minimum Gasteiger partial charge on any atom is -0.486 e. The molecule has 0 aliphatic rings.